The summed E-state index contributed by atoms with van der Waals surface area (Å²) >= 11 is 0. The molecule has 7 nitrogen and oxygen atoms in total. The van der Waals surface area contributed by atoms with Crippen LogP contribution >= 0.6 is 0 Å². The average Bonchev–Trinajstić information content (AvgIpc) is 2.71. The van der Waals surface area contributed by atoms with Crippen molar-refractivity contribution >= 4 is 19.9 Å². The lowest BCUT2D eigenvalue weighted by Gasteiger charge is -2.41. The molecule has 13 heteroatoms. The number of sulfonamides is 1. The van der Waals surface area contributed by atoms with Crippen molar-refractivity contribution in [3.63, 3.8) is 0 Å². The Bertz CT molecular complexity index is 1030. The van der Waals surface area contributed by atoms with Crippen LogP contribution in [0.25, 0.3) is 0 Å². The van der Waals surface area contributed by atoms with Crippen LogP contribution in [0, 0.1) is 11.7 Å². The van der Waals surface area contributed by atoms with Crippen LogP contribution in [0.15, 0.2) is 23.1 Å². The molecule has 188 valence electrons. The fraction of sp³-hybridized carbons (Fsp3) is 0.700. The summed E-state index contributed by atoms with van der Waals surface area (Å²) in [6.45, 7) is 1.17. The number of ether oxygens (including phenoxy) is 1. The van der Waals surface area contributed by atoms with Crippen LogP contribution in [0.2, 0.25) is 0 Å². The van der Waals surface area contributed by atoms with Gasteiger partial charge in [0.15, 0.2) is 27.2 Å². The smallest absolute Gasteiger partial charge is 0.404 e. The molecule has 1 aliphatic heterocycles. The molecular formula is C20H28F4N2O5S2. The third-order valence-electron chi connectivity index (χ3n) is 6.15. The zero-order valence-corrected chi connectivity index (χ0v) is 19.9. The van der Waals surface area contributed by atoms with Crippen molar-refractivity contribution in [2.75, 3.05) is 44.8 Å². The first-order valence-corrected chi connectivity index (χ1v) is 14.2. The third-order valence-corrected chi connectivity index (χ3v) is 9.11. The topological polar surface area (TPSA) is 84.0 Å². The Labute approximate surface area is 191 Å². The van der Waals surface area contributed by atoms with Crippen LogP contribution < -0.4 is 4.74 Å². The van der Waals surface area contributed by atoms with E-state index in [2.05, 4.69) is 4.90 Å². The number of halogens is 4. The normalized spacial score (nSPS) is 24.0. The first kappa shape index (κ1) is 26.2. The zero-order valence-electron chi connectivity index (χ0n) is 18.2. The minimum Gasteiger partial charge on any atom is -0.490 e. The lowest BCUT2D eigenvalue weighted by Crippen LogP contribution is -2.53. The number of benzene rings is 1. The second kappa shape index (κ2) is 10.0. The molecule has 1 saturated carbocycles. The molecule has 0 radical (unpaired) electrons. The Hall–Kier alpha value is -1.44. The molecule has 1 heterocycles. The maximum absolute atomic E-state index is 14.1. The van der Waals surface area contributed by atoms with Gasteiger partial charge < -0.3 is 4.74 Å². The number of hydrogen-bond donors (Lipinski definition) is 0. The van der Waals surface area contributed by atoms with E-state index >= 15 is 0 Å². The van der Waals surface area contributed by atoms with Crippen molar-refractivity contribution in [3.05, 3.63) is 24.0 Å². The summed E-state index contributed by atoms with van der Waals surface area (Å²) in [5, 5.41) is 0. The molecule has 1 aromatic carbocycles. The van der Waals surface area contributed by atoms with E-state index in [-0.39, 0.29) is 35.7 Å². The molecule has 1 aliphatic carbocycles. The van der Waals surface area contributed by atoms with Gasteiger partial charge in [-0.05, 0) is 49.8 Å². The Morgan fingerprint density at radius 2 is 1.61 bits per heavy atom. The molecule has 2 fully saturated rings. The van der Waals surface area contributed by atoms with E-state index in [1.54, 1.807) is 0 Å². The van der Waals surface area contributed by atoms with Gasteiger partial charge in [0.05, 0.1) is 11.5 Å². The Kier molecular flexibility index (Phi) is 7.97. The number of alkyl halides is 3. The van der Waals surface area contributed by atoms with Crippen molar-refractivity contribution in [2.24, 2.45) is 5.92 Å². The monoisotopic (exact) mass is 516 g/mol. The second-order valence-corrected chi connectivity index (χ2v) is 12.6. The quantitative estimate of drug-likeness (QED) is 0.519. The van der Waals surface area contributed by atoms with Gasteiger partial charge >= 0.3 is 6.18 Å². The van der Waals surface area contributed by atoms with Crippen molar-refractivity contribution in [1.82, 2.24) is 9.21 Å². The highest BCUT2D eigenvalue weighted by molar-refractivity contribution is 7.90. The molecule has 0 bridgehead atoms. The molecule has 33 heavy (non-hydrogen) atoms. The predicted molar refractivity (Wildman–Crippen MR) is 114 cm³/mol. The fourth-order valence-electron chi connectivity index (χ4n) is 4.36. The van der Waals surface area contributed by atoms with Gasteiger partial charge in [-0.3, -0.25) is 4.90 Å². The number of piperazine rings is 1. The van der Waals surface area contributed by atoms with E-state index in [9.17, 15) is 34.4 Å². The Morgan fingerprint density at radius 1 is 1.00 bits per heavy atom. The minimum atomic E-state index is -4.75. The molecule has 0 amide bonds. The zero-order chi connectivity index (χ0) is 24.4. The van der Waals surface area contributed by atoms with E-state index in [1.165, 1.54) is 12.1 Å². The van der Waals surface area contributed by atoms with Gasteiger partial charge in [0.25, 0.3) is 0 Å². The van der Waals surface area contributed by atoms with Gasteiger partial charge in [-0.1, -0.05) is 0 Å². The molecule has 2 aliphatic rings. The molecule has 0 atom stereocenters. The van der Waals surface area contributed by atoms with Crippen molar-refractivity contribution in [1.29, 1.82) is 0 Å². The molecule has 1 aromatic rings. The van der Waals surface area contributed by atoms with Crippen molar-refractivity contribution < 1.29 is 39.1 Å². The number of nitrogens with zero attached hydrogens (tertiary/aromatic N) is 2. The van der Waals surface area contributed by atoms with Crippen LogP contribution in [-0.2, 0) is 19.9 Å². The summed E-state index contributed by atoms with van der Waals surface area (Å²) in [7, 11) is -7.85. The first-order chi connectivity index (χ1) is 15.2. The number of sulfone groups is 1. The molecule has 3 rings (SSSR count). The van der Waals surface area contributed by atoms with Gasteiger partial charge in [-0.15, -0.1) is 0 Å². The molecule has 1 saturated heterocycles. The van der Waals surface area contributed by atoms with E-state index in [0.717, 1.165) is 42.3 Å². The molecule has 0 spiro atoms. The first-order valence-electron chi connectivity index (χ1n) is 10.7. The van der Waals surface area contributed by atoms with Crippen LogP contribution in [0.3, 0.4) is 0 Å². The third kappa shape index (κ3) is 7.27. The van der Waals surface area contributed by atoms with E-state index in [1.807, 2.05) is 0 Å². The molecular weight excluding hydrogens is 488 g/mol. The largest absolute Gasteiger partial charge is 0.490 e. The number of hydrogen-bond acceptors (Lipinski definition) is 6. The van der Waals surface area contributed by atoms with Crippen LogP contribution in [0.4, 0.5) is 17.6 Å². The maximum Gasteiger partial charge on any atom is 0.404 e. The number of rotatable bonds is 7. The fourth-order valence-corrected chi connectivity index (χ4v) is 6.31. The molecule has 0 unspecified atom stereocenters. The minimum absolute atomic E-state index is 0.000659. The van der Waals surface area contributed by atoms with Crippen LogP contribution in [0.1, 0.15) is 25.7 Å². The standard InChI is InChI=1S/C20H28F4N2O5S2/c1-32(27,28)17-6-7-19(18(21)12-17)31-13-15-2-4-16(5-3-15)25-8-10-26(11-9-25)33(29,30)14-20(22,23)24/h6-7,12,15-16H,2-5,8-11,13-14H2,1H3. The Morgan fingerprint density at radius 3 is 2.12 bits per heavy atom. The summed E-state index contributed by atoms with van der Waals surface area (Å²) in [6, 6.07) is 3.78. The summed E-state index contributed by atoms with van der Waals surface area (Å²) < 4.78 is 105. The lowest BCUT2D eigenvalue weighted by molar-refractivity contribution is -0.107. The summed E-state index contributed by atoms with van der Waals surface area (Å²) in [4.78, 5) is 2.01. The second-order valence-electron chi connectivity index (χ2n) is 8.66. The SMILES string of the molecule is CS(=O)(=O)c1ccc(OCC2CCC(N3CCN(S(=O)(=O)CC(F)(F)F)CC3)CC2)c(F)c1. The summed E-state index contributed by atoms with van der Waals surface area (Å²) in [5.41, 5.74) is 0. The van der Waals surface area contributed by atoms with Gasteiger partial charge in [-0.2, -0.15) is 17.5 Å². The van der Waals surface area contributed by atoms with Crippen LogP contribution in [0.5, 0.6) is 5.75 Å². The Balaban J connectivity index is 1.44. The molecule has 0 aromatic heterocycles. The van der Waals surface area contributed by atoms with Gasteiger partial charge in [-0.25, -0.2) is 21.2 Å². The van der Waals surface area contributed by atoms with Crippen LogP contribution in [-0.4, -0.2) is 83.1 Å². The lowest BCUT2D eigenvalue weighted by atomic mass is 9.85. The summed E-state index contributed by atoms with van der Waals surface area (Å²) in [5.74, 6) is -2.36. The maximum atomic E-state index is 14.1. The van der Waals surface area contributed by atoms with E-state index in [0.29, 0.717) is 19.7 Å². The highest BCUT2D eigenvalue weighted by Gasteiger charge is 2.40. The van der Waals surface area contributed by atoms with E-state index < -0.39 is 37.6 Å². The highest BCUT2D eigenvalue weighted by Crippen LogP contribution is 2.30. The van der Waals surface area contributed by atoms with Gasteiger partial charge in [0, 0.05) is 38.5 Å². The highest BCUT2D eigenvalue weighted by atomic mass is 32.2. The summed E-state index contributed by atoms with van der Waals surface area (Å²) in [6.07, 6.45) is -0.449. The average molecular weight is 517 g/mol. The predicted octanol–water partition coefficient (Wildman–Crippen LogP) is 2.68. The van der Waals surface area contributed by atoms with Crippen molar-refractivity contribution in [3.8, 4) is 5.75 Å². The van der Waals surface area contributed by atoms with Gasteiger partial charge in [0.1, 0.15) is 0 Å². The van der Waals surface area contributed by atoms with E-state index in [4.69, 9.17) is 4.74 Å². The van der Waals surface area contributed by atoms with Crippen molar-refractivity contribution in [2.45, 2.75) is 42.8 Å². The van der Waals surface area contributed by atoms with Gasteiger partial charge in [0.2, 0.25) is 10.0 Å². The molecule has 0 N–H and O–H groups in total.